The lowest BCUT2D eigenvalue weighted by atomic mass is 9.88. The van der Waals surface area contributed by atoms with Gasteiger partial charge in [-0.2, -0.15) is 0 Å². The highest BCUT2D eigenvalue weighted by Gasteiger charge is 2.43. The maximum Gasteiger partial charge on any atom is 0.256 e. The minimum Gasteiger partial charge on any atom is -0.378 e. The highest BCUT2D eigenvalue weighted by Crippen LogP contribution is 2.48. The highest BCUT2D eigenvalue weighted by molar-refractivity contribution is 6.04. The molecule has 1 N–H and O–H groups in total. The molecule has 0 radical (unpaired) electrons. The number of rotatable bonds is 3. The second-order valence-electron chi connectivity index (χ2n) is 7.22. The van der Waals surface area contributed by atoms with E-state index in [-0.39, 0.29) is 17.7 Å². The van der Waals surface area contributed by atoms with E-state index >= 15 is 0 Å². The van der Waals surface area contributed by atoms with Crippen molar-refractivity contribution in [3.63, 3.8) is 0 Å². The molecule has 128 valence electrons. The number of fused-ring (bicyclic) bond motifs is 2. The van der Waals surface area contributed by atoms with Gasteiger partial charge in [0.2, 0.25) is 5.91 Å². The van der Waals surface area contributed by atoms with Gasteiger partial charge in [-0.1, -0.05) is 18.6 Å². The Morgan fingerprint density at radius 1 is 1.08 bits per heavy atom. The number of hydrogen-bond acceptors (Lipinski definition) is 3. The van der Waals surface area contributed by atoms with Crippen molar-refractivity contribution in [2.45, 2.75) is 25.7 Å². The molecule has 5 heteroatoms. The topological polar surface area (TPSA) is 58.6 Å². The fourth-order valence-electron chi connectivity index (χ4n) is 4.51. The Balaban J connectivity index is 1.49. The molecule has 1 aromatic carbocycles. The number of carbonyl (C=O) groups is 2. The molecule has 1 saturated heterocycles. The number of anilines is 1. The molecule has 4 rings (SSSR count). The maximum atomic E-state index is 12.8. The number of amides is 2. The Morgan fingerprint density at radius 3 is 2.58 bits per heavy atom. The van der Waals surface area contributed by atoms with Gasteiger partial charge in [0, 0.05) is 19.0 Å². The molecule has 3 aliphatic rings. The van der Waals surface area contributed by atoms with Gasteiger partial charge in [0.05, 0.1) is 24.5 Å². The zero-order valence-electron chi connectivity index (χ0n) is 13.9. The van der Waals surface area contributed by atoms with Crippen molar-refractivity contribution >= 4 is 17.5 Å². The summed E-state index contributed by atoms with van der Waals surface area (Å²) in [6, 6.07) is 7.35. The van der Waals surface area contributed by atoms with Gasteiger partial charge >= 0.3 is 0 Å². The normalized spacial score (nSPS) is 28.8. The Kier molecular flexibility index (Phi) is 4.27. The molecular weight excluding hydrogens is 304 g/mol. The molecule has 2 amide bonds. The van der Waals surface area contributed by atoms with Crippen LogP contribution in [0.25, 0.3) is 0 Å². The first-order valence-corrected chi connectivity index (χ1v) is 8.99. The van der Waals surface area contributed by atoms with Crippen molar-refractivity contribution in [3.05, 3.63) is 29.8 Å². The number of hydrogen-bond donors (Lipinski definition) is 1. The summed E-state index contributed by atoms with van der Waals surface area (Å²) >= 11 is 0. The lowest BCUT2D eigenvalue weighted by molar-refractivity contribution is -0.121. The zero-order chi connectivity index (χ0) is 16.5. The Labute approximate surface area is 142 Å². The lowest BCUT2D eigenvalue weighted by Gasteiger charge is -2.28. The number of benzene rings is 1. The molecule has 2 bridgehead atoms. The highest BCUT2D eigenvalue weighted by atomic mass is 16.5. The summed E-state index contributed by atoms with van der Waals surface area (Å²) in [5, 5.41) is 3.04. The number of nitrogens with zero attached hydrogens (tertiary/aromatic N) is 1. The molecule has 0 aromatic heterocycles. The van der Waals surface area contributed by atoms with Crippen molar-refractivity contribution in [2.75, 3.05) is 31.6 Å². The van der Waals surface area contributed by atoms with Crippen LogP contribution in [-0.2, 0) is 9.53 Å². The fraction of sp³-hybridized carbons (Fsp3) is 0.579. The van der Waals surface area contributed by atoms with Crippen molar-refractivity contribution in [2.24, 2.45) is 17.8 Å². The molecule has 5 nitrogen and oxygen atoms in total. The quantitative estimate of drug-likeness (QED) is 0.927. The van der Waals surface area contributed by atoms with E-state index in [0.29, 0.717) is 43.5 Å². The average Bonchev–Trinajstić information content (AvgIpc) is 3.26. The molecule has 1 aromatic rings. The molecule has 1 heterocycles. The molecule has 2 aliphatic carbocycles. The Hall–Kier alpha value is -1.88. The third kappa shape index (κ3) is 2.93. The van der Waals surface area contributed by atoms with Crippen molar-refractivity contribution in [3.8, 4) is 0 Å². The number of para-hydroxylation sites is 1. The molecule has 24 heavy (non-hydrogen) atoms. The van der Waals surface area contributed by atoms with Crippen LogP contribution < -0.4 is 5.32 Å². The third-order valence-electron chi connectivity index (χ3n) is 5.79. The van der Waals surface area contributed by atoms with E-state index in [9.17, 15) is 9.59 Å². The zero-order valence-corrected chi connectivity index (χ0v) is 13.9. The second kappa shape index (κ2) is 6.55. The van der Waals surface area contributed by atoms with Crippen LogP contribution >= 0.6 is 0 Å². The van der Waals surface area contributed by atoms with E-state index in [1.165, 1.54) is 19.3 Å². The summed E-state index contributed by atoms with van der Waals surface area (Å²) in [5.41, 5.74) is 1.22. The molecular formula is C19H24N2O3. The van der Waals surface area contributed by atoms with Gasteiger partial charge in [-0.3, -0.25) is 9.59 Å². The van der Waals surface area contributed by atoms with E-state index in [2.05, 4.69) is 5.32 Å². The van der Waals surface area contributed by atoms with Crippen LogP contribution in [-0.4, -0.2) is 43.0 Å². The van der Waals surface area contributed by atoms with Crippen LogP contribution in [0.15, 0.2) is 24.3 Å². The van der Waals surface area contributed by atoms with Crippen LogP contribution in [0.4, 0.5) is 5.69 Å². The number of carbonyl (C=O) groups excluding carboxylic acids is 2. The van der Waals surface area contributed by atoms with Crippen LogP contribution in [0.1, 0.15) is 36.0 Å². The van der Waals surface area contributed by atoms with Gasteiger partial charge in [-0.05, 0) is 43.2 Å². The average molecular weight is 328 g/mol. The van der Waals surface area contributed by atoms with Crippen molar-refractivity contribution in [1.29, 1.82) is 0 Å². The van der Waals surface area contributed by atoms with Crippen molar-refractivity contribution in [1.82, 2.24) is 4.90 Å². The van der Waals surface area contributed by atoms with Gasteiger partial charge in [0.1, 0.15) is 0 Å². The van der Waals surface area contributed by atoms with E-state index in [1.54, 1.807) is 11.0 Å². The summed E-state index contributed by atoms with van der Waals surface area (Å²) in [6.07, 6.45) is 4.67. The molecule has 3 fully saturated rings. The molecule has 3 unspecified atom stereocenters. The smallest absolute Gasteiger partial charge is 0.256 e. The fourth-order valence-corrected chi connectivity index (χ4v) is 4.51. The van der Waals surface area contributed by atoms with Gasteiger partial charge < -0.3 is 15.0 Å². The van der Waals surface area contributed by atoms with Crippen LogP contribution in [0.2, 0.25) is 0 Å². The summed E-state index contributed by atoms with van der Waals surface area (Å²) in [6.45, 7) is 2.36. The van der Waals surface area contributed by atoms with Gasteiger partial charge in [0.25, 0.3) is 5.91 Å². The first kappa shape index (κ1) is 15.6. The summed E-state index contributed by atoms with van der Waals surface area (Å²) in [7, 11) is 0. The first-order chi connectivity index (χ1) is 11.7. The van der Waals surface area contributed by atoms with E-state index in [4.69, 9.17) is 4.74 Å². The number of nitrogens with one attached hydrogen (secondary N) is 1. The minimum atomic E-state index is -0.0258. The standard InChI is InChI=1S/C19H24N2O3/c22-18(16-12-13-5-6-14(16)11-13)20-17-4-2-1-3-15(17)19(23)21-7-9-24-10-8-21/h1-4,13-14,16H,5-12H2,(H,20,22). The summed E-state index contributed by atoms with van der Waals surface area (Å²) < 4.78 is 5.31. The molecule has 3 atom stereocenters. The number of ether oxygens (including phenoxy) is 1. The SMILES string of the molecule is O=C(Nc1ccccc1C(=O)N1CCOCC1)C1CC2CCC1C2. The van der Waals surface area contributed by atoms with Crippen molar-refractivity contribution < 1.29 is 14.3 Å². The second-order valence-corrected chi connectivity index (χ2v) is 7.22. The Bertz CT molecular complexity index is 639. The lowest BCUT2D eigenvalue weighted by Crippen LogP contribution is -2.41. The van der Waals surface area contributed by atoms with E-state index in [0.717, 1.165) is 12.3 Å². The molecule has 0 spiro atoms. The van der Waals surface area contributed by atoms with Gasteiger partial charge in [-0.25, -0.2) is 0 Å². The third-order valence-corrected chi connectivity index (χ3v) is 5.79. The monoisotopic (exact) mass is 328 g/mol. The minimum absolute atomic E-state index is 0.0258. The van der Waals surface area contributed by atoms with E-state index in [1.807, 2.05) is 18.2 Å². The largest absolute Gasteiger partial charge is 0.378 e. The molecule has 1 aliphatic heterocycles. The summed E-state index contributed by atoms with van der Waals surface area (Å²) in [5.74, 6) is 1.45. The first-order valence-electron chi connectivity index (χ1n) is 8.99. The summed E-state index contributed by atoms with van der Waals surface area (Å²) in [4.78, 5) is 27.3. The van der Waals surface area contributed by atoms with E-state index < -0.39 is 0 Å². The maximum absolute atomic E-state index is 12.8. The predicted molar refractivity (Wildman–Crippen MR) is 90.7 cm³/mol. The van der Waals surface area contributed by atoms with Crippen LogP contribution in [0.3, 0.4) is 0 Å². The Morgan fingerprint density at radius 2 is 1.88 bits per heavy atom. The van der Waals surface area contributed by atoms with Crippen LogP contribution in [0.5, 0.6) is 0 Å². The predicted octanol–water partition coefficient (Wildman–Crippen LogP) is 2.53. The van der Waals surface area contributed by atoms with Crippen LogP contribution in [0, 0.1) is 17.8 Å². The van der Waals surface area contributed by atoms with Gasteiger partial charge in [0.15, 0.2) is 0 Å². The molecule has 2 saturated carbocycles. The van der Waals surface area contributed by atoms with Gasteiger partial charge in [-0.15, -0.1) is 0 Å². The number of morpholine rings is 1.